The molecule has 23 heavy (non-hydrogen) atoms. The molecular formula is C13H19N5O5. The highest BCUT2D eigenvalue weighted by atomic mass is 16.6. The summed E-state index contributed by atoms with van der Waals surface area (Å²) in [5.74, 6) is 0.0696. The zero-order chi connectivity index (χ0) is 17.2. The van der Waals surface area contributed by atoms with Gasteiger partial charge in [0.1, 0.15) is 28.6 Å². The number of nitrogens with one attached hydrogen (secondary N) is 1. The van der Waals surface area contributed by atoms with Crippen molar-refractivity contribution in [1.29, 1.82) is 0 Å². The van der Waals surface area contributed by atoms with Gasteiger partial charge in [0, 0.05) is 0 Å². The van der Waals surface area contributed by atoms with Crippen LogP contribution in [0, 0.1) is 0 Å². The van der Waals surface area contributed by atoms with Crippen LogP contribution in [0.4, 0.5) is 5.82 Å². The van der Waals surface area contributed by atoms with Gasteiger partial charge in [-0.15, -0.1) is 0 Å². The summed E-state index contributed by atoms with van der Waals surface area (Å²) in [6.45, 7) is 3.56. The Labute approximate surface area is 130 Å². The average molecular weight is 325 g/mol. The molecular weight excluding hydrogens is 306 g/mol. The molecule has 2 aromatic heterocycles. The number of nitrogens with zero attached hydrogens (tertiary/aromatic N) is 3. The number of nitrogen functional groups attached to an aromatic ring is 1. The zero-order valence-electron chi connectivity index (χ0n) is 12.9. The second-order valence-electron chi connectivity index (χ2n) is 6.34. The lowest BCUT2D eigenvalue weighted by Gasteiger charge is -2.39. The monoisotopic (exact) mass is 325 g/mol. The number of aliphatic hydroxyl groups is 3. The molecule has 3 heterocycles. The van der Waals surface area contributed by atoms with Crippen molar-refractivity contribution in [2.75, 3.05) is 12.3 Å². The molecule has 0 radical (unpaired) electrons. The van der Waals surface area contributed by atoms with Gasteiger partial charge < -0.3 is 30.8 Å². The Kier molecular flexibility index (Phi) is 3.11. The van der Waals surface area contributed by atoms with Crippen LogP contribution in [0.3, 0.4) is 0 Å². The summed E-state index contributed by atoms with van der Waals surface area (Å²) in [5.41, 5.74) is 0.213. The minimum absolute atomic E-state index is 0.0696. The Morgan fingerprint density at radius 3 is 2.61 bits per heavy atom. The predicted octanol–water partition coefficient (Wildman–Crippen LogP) is -1.52. The van der Waals surface area contributed by atoms with Crippen LogP contribution in [0.5, 0.6) is 0 Å². The van der Waals surface area contributed by atoms with Crippen LogP contribution >= 0.6 is 0 Å². The number of nitrogens with two attached hydrogens (primary N) is 1. The first-order valence-corrected chi connectivity index (χ1v) is 7.01. The van der Waals surface area contributed by atoms with E-state index in [9.17, 15) is 20.1 Å². The summed E-state index contributed by atoms with van der Waals surface area (Å²) in [5, 5.41) is 31.1. The van der Waals surface area contributed by atoms with Crippen molar-refractivity contribution in [3.05, 3.63) is 16.8 Å². The molecule has 1 unspecified atom stereocenters. The van der Waals surface area contributed by atoms with Gasteiger partial charge in [0.05, 0.1) is 6.61 Å². The molecule has 1 fully saturated rings. The number of imidazole rings is 1. The molecule has 126 valence electrons. The van der Waals surface area contributed by atoms with Crippen LogP contribution in [-0.4, -0.2) is 58.2 Å². The number of aromatic nitrogens is 4. The molecule has 0 amide bonds. The maximum atomic E-state index is 12.3. The fourth-order valence-electron chi connectivity index (χ4n) is 2.92. The number of fused-ring (bicyclic) bond motifs is 1. The number of rotatable bonds is 2. The van der Waals surface area contributed by atoms with Crippen molar-refractivity contribution in [2.24, 2.45) is 0 Å². The van der Waals surface area contributed by atoms with Crippen LogP contribution < -0.4 is 11.4 Å². The average Bonchev–Trinajstić information content (AvgIpc) is 2.87. The van der Waals surface area contributed by atoms with E-state index in [2.05, 4.69) is 15.0 Å². The molecule has 0 bridgehead atoms. The van der Waals surface area contributed by atoms with Gasteiger partial charge in [0.25, 0.3) is 0 Å². The van der Waals surface area contributed by atoms with Crippen LogP contribution in [0.25, 0.3) is 11.2 Å². The lowest BCUT2D eigenvalue weighted by Crippen LogP contribution is -2.60. The highest BCUT2D eigenvalue weighted by Gasteiger charge is 2.67. The Hall–Kier alpha value is -2.01. The van der Waals surface area contributed by atoms with E-state index >= 15 is 0 Å². The molecule has 0 aromatic carbocycles. The third-order valence-corrected chi connectivity index (χ3v) is 4.94. The maximum absolute atomic E-state index is 12.3. The number of hydrogen-bond donors (Lipinski definition) is 5. The van der Waals surface area contributed by atoms with Gasteiger partial charge in [0.2, 0.25) is 0 Å². The third kappa shape index (κ3) is 1.80. The summed E-state index contributed by atoms with van der Waals surface area (Å²) in [7, 11) is 0. The van der Waals surface area contributed by atoms with Crippen molar-refractivity contribution in [2.45, 2.75) is 43.8 Å². The second kappa shape index (κ2) is 4.51. The smallest absolute Gasteiger partial charge is 0.330 e. The first-order valence-electron chi connectivity index (χ1n) is 7.01. The van der Waals surface area contributed by atoms with Crippen molar-refractivity contribution >= 4 is 17.0 Å². The van der Waals surface area contributed by atoms with E-state index in [1.54, 1.807) is 0 Å². The number of H-pyrrole nitrogens is 1. The number of hydrogen-bond acceptors (Lipinski definition) is 8. The summed E-state index contributed by atoms with van der Waals surface area (Å²) in [6, 6.07) is 0. The number of aliphatic hydroxyl groups excluding tert-OH is 1. The molecule has 4 atom stereocenters. The van der Waals surface area contributed by atoms with Gasteiger partial charge in [-0.05, 0) is 20.8 Å². The topological polar surface area (TPSA) is 160 Å². The minimum atomic E-state index is -1.89. The fraction of sp³-hybridized carbons (Fsp3) is 0.615. The molecule has 10 nitrogen and oxygen atoms in total. The van der Waals surface area contributed by atoms with Crippen molar-refractivity contribution in [1.82, 2.24) is 19.5 Å². The van der Waals surface area contributed by atoms with E-state index < -0.39 is 35.3 Å². The lowest BCUT2D eigenvalue weighted by atomic mass is 9.76. The maximum Gasteiger partial charge on any atom is 0.330 e. The van der Waals surface area contributed by atoms with Gasteiger partial charge in [-0.3, -0.25) is 0 Å². The van der Waals surface area contributed by atoms with Crippen molar-refractivity contribution in [3.8, 4) is 0 Å². The normalized spacial score (nSPS) is 37.6. The quantitative estimate of drug-likeness (QED) is 0.445. The van der Waals surface area contributed by atoms with Crippen LogP contribution in [0.15, 0.2) is 11.1 Å². The Morgan fingerprint density at radius 2 is 2.04 bits per heavy atom. The third-order valence-electron chi connectivity index (χ3n) is 4.94. The van der Waals surface area contributed by atoms with E-state index in [1.807, 2.05) is 0 Å². The van der Waals surface area contributed by atoms with Gasteiger partial charge >= 0.3 is 5.69 Å². The molecule has 0 saturated carbocycles. The first kappa shape index (κ1) is 15.9. The first-order chi connectivity index (χ1) is 10.6. The molecule has 1 aliphatic rings. The second-order valence-corrected chi connectivity index (χ2v) is 6.34. The minimum Gasteiger partial charge on any atom is -0.393 e. The van der Waals surface area contributed by atoms with Crippen LogP contribution in [0.2, 0.25) is 0 Å². The Bertz CT molecular complexity index is 826. The molecule has 0 aliphatic carbocycles. The van der Waals surface area contributed by atoms with Gasteiger partial charge in [-0.25, -0.2) is 19.3 Å². The van der Waals surface area contributed by atoms with E-state index in [1.165, 1.54) is 27.1 Å². The molecule has 6 N–H and O–H groups in total. The van der Waals surface area contributed by atoms with Crippen molar-refractivity contribution < 1.29 is 20.1 Å². The summed E-state index contributed by atoms with van der Waals surface area (Å²) in [6.07, 6.45) is -0.112. The summed E-state index contributed by atoms with van der Waals surface area (Å²) < 4.78 is 6.75. The van der Waals surface area contributed by atoms with E-state index in [0.717, 1.165) is 4.57 Å². The lowest BCUT2D eigenvalue weighted by molar-refractivity contribution is -0.162. The largest absolute Gasteiger partial charge is 0.393 e. The van der Waals surface area contributed by atoms with Gasteiger partial charge in [-0.1, -0.05) is 0 Å². The predicted molar refractivity (Wildman–Crippen MR) is 79.4 cm³/mol. The summed E-state index contributed by atoms with van der Waals surface area (Å²) in [4.78, 5) is 22.6. The van der Waals surface area contributed by atoms with E-state index in [4.69, 9.17) is 10.5 Å². The molecule has 10 heteroatoms. The molecule has 3 rings (SSSR count). The Balaban J connectivity index is 2.26. The fourth-order valence-corrected chi connectivity index (χ4v) is 2.92. The number of ether oxygens (including phenoxy) is 1. The van der Waals surface area contributed by atoms with Crippen molar-refractivity contribution in [3.63, 3.8) is 0 Å². The molecule has 0 spiro atoms. The van der Waals surface area contributed by atoms with E-state index in [0.29, 0.717) is 0 Å². The van der Waals surface area contributed by atoms with E-state index in [-0.39, 0.29) is 17.0 Å². The van der Waals surface area contributed by atoms with Crippen LogP contribution in [0.1, 0.15) is 27.0 Å². The number of aromatic amines is 1. The summed E-state index contributed by atoms with van der Waals surface area (Å²) >= 11 is 0. The highest BCUT2D eigenvalue weighted by Crippen LogP contribution is 2.50. The Morgan fingerprint density at radius 1 is 1.39 bits per heavy atom. The zero-order valence-corrected chi connectivity index (χ0v) is 12.9. The molecule has 1 saturated heterocycles. The van der Waals surface area contributed by atoms with Crippen LogP contribution in [-0.2, 0) is 4.74 Å². The molecule has 2 aromatic rings. The number of anilines is 1. The van der Waals surface area contributed by atoms with Gasteiger partial charge in [0.15, 0.2) is 17.7 Å². The standard InChI is InChI=1S/C13H19N5O5/c1-11(4-19)13(3,22)12(2,21)9(23-11)18-8-6(17-10(18)20)7(14)15-5-16-8/h5,9,19,21-22H,4H2,1-3H3,(H,17,20)(H2,14,15,16)/t9-,11-,12-,13?/m1/s1. The molecule has 1 aliphatic heterocycles. The SMILES string of the molecule is CC1(O)[C@@](C)(CO)O[C@@H](n2c(=O)[nH]c3c(N)ncnc32)[C@@]1(C)O. The van der Waals surface area contributed by atoms with Gasteiger partial charge in [-0.2, -0.15) is 0 Å². The highest BCUT2D eigenvalue weighted by molar-refractivity contribution is 5.81.